The zero-order chi connectivity index (χ0) is 17.7. The van der Waals surface area contributed by atoms with Gasteiger partial charge in [-0.1, -0.05) is 12.1 Å². The molecule has 1 aliphatic rings. The Kier molecular flexibility index (Phi) is 5.68. The molecular weight excluding hydrogens is 312 g/mol. The summed E-state index contributed by atoms with van der Waals surface area (Å²) in [4.78, 5) is 48.0. The summed E-state index contributed by atoms with van der Waals surface area (Å²) in [5.41, 5.74) is 1.14. The van der Waals surface area contributed by atoms with Crippen LogP contribution in [0.4, 0.5) is 0 Å². The summed E-state index contributed by atoms with van der Waals surface area (Å²) in [7, 11) is 0. The molecule has 1 aromatic carbocycles. The molecule has 7 heteroatoms. The second kappa shape index (κ2) is 7.72. The van der Waals surface area contributed by atoms with Gasteiger partial charge in [0, 0.05) is 18.4 Å². The van der Waals surface area contributed by atoms with Gasteiger partial charge < -0.3 is 10.1 Å². The molecule has 0 spiro atoms. The van der Waals surface area contributed by atoms with Crippen molar-refractivity contribution in [2.24, 2.45) is 0 Å². The number of imide groups is 1. The zero-order valence-corrected chi connectivity index (χ0v) is 13.7. The topological polar surface area (TPSA) is 92.8 Å². The van der Waals surface area contributed by atoms with Gasteiger partial charge in [-0.2, -0.15) is 0 Å². The lowest BCUT2D eigenvalue weighted by molar-refractivity contribution is -0.145. The fourth-order valence-corrected chi connectivity index (χ4v) is 2.35. The van der Waals surface area contributed by atoms with E-state index in [4.69, 9.17) is 4.74 Å². The summed E-state index contributed by atoms with van der Waals surface area (Å²) in [6, 6.07) is 5.81. The van der Waals surface area contributed by atoms with Gasteiger partial charge in [-0.05, 0) is 31.5 Å². The number of esters is 1. The minimum absolute atomic E-state index is 0.176. The van der Waals surface area contributed by atoms with Crippen LogP contribution in [0.3, 0.4) is 0 Å². The highest BCUT2D eigenvalue weighted by molar-refractivity contribution is 6.01. The number of hydrogen-bond donors (Lipinski definition) is 1. The summed E-state index contributed by atoms with van der Waals surface area (Å²) in [5.74, 6) is -1.24. The number of amides is 3. The molecule has 0 aliphatic carbocycles. The van der Waals surface area contributed by atoms with Crippen LogP contribution in [-0.2, 0) is 25.7 Å². The molecule has 0 aromatic heterocycles. The largest absolute Gasteiger partial charge is 0.464 e. The van der Waals surface area contributed by atoms with E-state index in [0.717, 1.165) is 5.56 Å². The first kappa shape index (κ1) is 17.7. The molecule has 1 fully saturated rings. The standard InChI is InChI=1S/C17H20N2O5/c1-3-24-17(23)11(2)18-16(22)13-6-4-12(5-7-13)10-19-14(20)8-9-15(19)21/h4-7,11H,3,8-10H2,1-2H3,(H,18,22)/t11-/m0/s1. The molecule has 1 N–H and O–H groups in total. The van der Waals surface area contributed by atoms with Crippen LogP contribution in [0, 0.1) is 0 Å². The van der Waals surface area contributed by atoms with Gasteiger partial charge in [-0.15, -0.1) is 0 Å². The van der Waals surface area contributed by atoms with Crippen LogP contribution in [0.2, 0.25) is 0 Å². The lowest BCUT2D eigenvalue weighted by atomic mass is 10.1. The molecule has 1 saturated heterocycles. The highest BCUT2D eigenvalue weighted by atomic mass is 16.5. The van der Waals surface area contributed by atoms with Crippen molar-refractivity contribution in [2.45, 2.75) is 39.3 Å². The SMILES string of the molecule is CCOC(=O)[C@H](C)NC(=O)c1ccc(CN2C(=O)CCC2=O)cc1. The molecule has 7 nitrogen and oxygen atoms in total. The van der Waals surface area contributed by atoms with Crippen molar-refractivity contribution in [1.82, 2.24) is 10.2 Å². The van der Waals surface area contributed by atoms with E-state index in [1.807, 2.05) is 0 Å². The molecule has 1 aromatic rings. The normalized spacial score (nSPS) is 15.3. The Morgan fingerprint density at radius 1 is 1.17 bits per heavy atom. The minimum atomic E-state index is -0.739. The average molecular weight is 332 g/mol. The van der Waals surface area contributed by atoms with E-state index in [-0.39, 0.29) is 37.8 Å². The van der Waals surface area contributed by atoms with Crippen molar-refractivity contribution in [3.05, 3.63) is 35.4 Å². The van der Waals surface area contributed by atoms with Crippen LogP contribution in [0.15, 0.2) is 24.3 Å². The van der Waals surface area contributed by atoms with Crippen molar-refractivity contribution in [1.29, 1.82) is 0 Å². The molecule has 128 valence electrons. The predicted molar refractivity (Wildman–Crippen MR) is 84.8 cm³/mol. The van der Waals surface area contributed by atoms with E-state index in [2.05, 4.69) is 5.32 Å². The Morgan fingerprint density at radius 3 is 2.29 bits per heavy atom. The Bertz CT molecular complexity index is 637. The fourth-order valence-electron chi connectivity index (χ4n) is 2.35. The van der Waals surface area contributed by atoms with Gasteiger partial charge in [0.1, 0.15) is 6.04 Å². The first-order valence-electron chi connectivity index (χ1n) is 7.82. The van der Waals surface area contributed by atoms with Crippen molar-refractivity contribution in [3.63, 3.8) is 0 Å². The molecule has 1 atom stereocenters. The van der Waals surface area contributed by atoms with Crippen LogP contribution in [-0.4, -0.2) is 41.2 Å². The predicted octanol–water partition coefficient (Wildman–Crippen LogP) is 1.02. The summed E-state index contributed by atoms with van der Waals surface area (Å²) in [5, 5.41) is 2.56. The van der Waals surface area contributed by atoms with Crippen LogP contribution >= 0.6 is 0 Å². The summed E-state index contributed by atoms with van der Waals surface area (Å²) in [6.07, 6.45) is 0.510. The first-order chi connectivity index (χ1) is 11.4. The van der Waals surface area contributed by atoms with Gasteiger partial charge in [0.15, 0.2) is 0 Å². The van der Waals surface area contributed by atoms with E-state index in [1.54, 1.807) is 38.1 Å². The number of rotatable bonds is 6. The number of hydrogen-bond acceptors (Lipinski definition) is 5. The van der Waals surface area contributed by atoms with E-state index in [9.17, 15) is 19.2 Å². The molecule has 24 heavy (non-hydrogen) atoms. The van der Waals surface area contributed by atoms with Crippen molar-refractivity contribution in [3.8, 4) is 0 Å². The van der Waals surface area contributed by atoms with Gasteiger partial charge in [0.25, 0.3) is 5.91 Å². The molecule has 2 rings (SSSR count). The molecule has 0 bridgehead atoms. The second-order valence-electron chi connectivity index (χ2n) is 5.52. The Hall–Kier alpha value is -2.70. The zero-order valence-electron chi connectivity index (χ0n) is 13.7. The maximum atomic E-state index is 12.1. The fraction of sp³-hybridized carbons (Fsp3) is 0.412. The summed E-state index contributed by atoms with van der Waals surface area (Å²) < 4.78 is 4.83. The van der Waals surface area contributed by atoms with Crippen LogP contribution in [0.25, 0.3) is 0 Å². The first-order valence-corrected chi connectivity index (χ1v) is 7.82. The lowest BCUT2D eigenvalue weighted by Crippen LogP contribution is -2.39. The average Bonchev–Trinajstić information content (AvgIpc) is 2.87. The van der Waals surface area contributed by atoms with Crippen LogP contribution < -0.4 is 5.32 Å². The van der Waals surface area contributed by atoms with E-state index >= 15 is 0 Å². The number of carbonyl (C=O) groups excluding carboxylic acids is 4. The second-order valence-corrected chi connectivity index (χ2v) is 5.52. The van der Waals surface area contributed by atoms with Gasteiger partial charge >= 0.3 is 5.97 Å². The van der Waals surface area contributed by atoms with Crippen LogP contribution in [0.5, 0.6) is 0 Å². The third kappa shape index (κ3) is 4.18. The Labute approximate surface area is 140 Å². The van der Waals surface area contributed by atoms with E-state index in [1.165, 1.54) is 4.90 Å². The molecule has 0 radical (unpaired) electrons. The number of likely N-dealkylation sites (tertiary alicyclic amines) is 1. The number of carbonyl (C=O) groups is 4. The molecular formula is C17H20N2O5. The number of nitrogens with one attached hydrogen (secondary N) is 1. The minimum Gasteiger partial charge on any atom is -0.464 e. The molecule has 0 unspecified atom stereocenters. The van der Waals surface area contributed by atoms with Crippen molar-refractivity contribution in [2.75, 3.05) is 6.61 Å². The third-order valence-electron chi connectivity index (χ3n) is 3.70. The molecule has 1 heterocycles. The molecule has 3 amide bonds. The Morgan fingerprint density at radius 2 is 1.75 bits per heavy atom. The molecule has 0 saturated carbocycles. The maximum absolute atomic E-state index is 12.1. The lowest BCUT2D eigenvalue weighted by Gasteiger charge is -2.15. The number of nitrogens with zero attached hydrogens (tertiary/aromatic N) is 1. The number of ether oxygens (including phenoxy) is 1. The van der Waals surface area contributed by atoms with Crippen LogP contribution in [0.1, 0.15) is 42.6 Å². The highest BCUT2D eigenvalue weighted by Gasteiger charge is 2.28. The summed E-state index contributed by atoms with van der Waals surface area (Å²) >= 11 is 0. The highest BCUT2D eigenvalue weighted by Crippen LogP contribution is 2.16. The maximum Gasteiger partial charge on any atom is 0.328 e. The van der Waals surface area contributed by atoms with Gasteiger partial charge in [-0.25, -0.2) is 4.79 Å². The quantitative estimate of drug-likeness (QED) is 0.620. The monoisotopic (exact) mass is 332 g/mol. The molecule has 1 aliphatic heterocycles. The van der Waals surface area contributed by atoms with Crippen molar-refractivity contribution < 1.29 is 23.9 Å². The third-order valence-corrected chi connectivity index (χ3v) is 3.70. The smallest absolute Gasteiger partial charge is 0.328 e. The van der Waals surface area contributed by atoms with E-state index < -0.39 is 17.9 Å². The van der Waals surface area contributed by atoms with E-state index in [0.29, 0.717) is 5.56 Å². The van der Waals surface area contributed by atoms with Gasteiger partial charge in [0.2, 0.25) is 11.8 Å². The Balaban J connectivity index is 1.96. The van der Waals surface area contributed by atoms with Gasteiger partial charge in [0.05, 0.1) is 13.2 Å². The van der Waals surface area contributed by atoms with Crippen molar-refractivity contribution >= 4 is 23.7 Å². The summed E-state index contributed by atoms with van der Waals surface area (Å²) in [6.45, 7) is 3.70. The number of benzene rings is 1. The van der Waals surface area contributed by atoms with Gasteiger partial charge in [-0.3, -0.25) is 19.3 Å².